The van der Waals surface area contributed by atoms with Crippen LogP contribution in [0.15, 0.2) is 0 Å². The second-order valence-corrected chi connectivity index (χ2v) is 6.31. The summed E-state index contributed by atoms with van der Waals surface area (Å²) in [6, 6.07) is 0. The third-order valence-electron chi connectivity index (χ3n) is 3.52. The third-order valence-corrected chi connectivity index (χ3v) is 3.52. The first-order chi connectivity index (χ1) is 11.3. The van der Waals surface area contributed by atoms with Crippen LogP contribution >= 0.6 is 0 Å². The lowest BCUT2D eigenvalue weighted by Gasteiger charge is -2.22. The van der Waals surface area contributed by atoms with Crippen molar-refractivity contribution >= 4 is 17.7 Å². The van der Waals surface area contributed by atoms with Crippen molar-refractivity contribution in [3.8, 4) is 0 Å². The highest BCUT2D eigenvalue weighted by atomic mass is 16.2. The van der Waals surface area contributed by atoms with Crippen LogP contribution in [0.2, 0.25) is 0 Å². The Morgan fingerprint density at radius 3 is 1.46 bits per heavy atom. The van der Waals surface area contributed by atoms with Gasteiger partial charge in [-0.15, -0.1) is 0 Å². The molecular weight excluding hydrogens is 308 g/mol. The van der Waals surface area contributed by atoms with Crippen LogP contribution in [0.4, 0.5) is 0 Å². The van der Waals surface area contributed by atoms with Crippen LogP contribution in [0, 0.1) is 5.92 Å². The van der Waals surface area contributed by atoms with E-state index in [2.05, 4.69) is 20.9 Å². The minimum Gasteiger partial charge on any atom is -0.356 e. The van der Waals surface area contributed by atoms with Gasteiger partial charge in [-0.3, -0.25) is 14.4 Å². The van der Waals surface area contributed by atoms with E-state index in [-0.39, 0.29) is 23.6 Å². The van der Waals surface area contributed by atoms with Crippen LogP contribution in [0.5, 0.6) is 0 Å². The molecule has 0 aromatic carbocycles. The monoisotopic (exact) mass is 342 g/mol. The van der Waals surface area contributed by atoms with E-state index in [1.54, 1.807) is 0 Å². The van der Waals surface area contributed by atoms with Gasteiger partial charge in [0.15, 0.2) is 0 Å². The molecule has 0 heterocycles. The van der Waals surface area contributed by atoms with E-state index in [0.29, 0.717) is 19.6 Å². The molecule has 0 radical (unpaired) electrons. The van der Waals surface area contributed by atoms with E-state index in [0.717, 1.165) is 38.9 Å². The maximum Gasteiger partial charge on any atom is 0.222 e. The molecule has 0 saturated carbocycles. The van der Waals surface area contributed by atoms with Crippen LogP contribution in [-0.4, -0.2) is 61.9 Å². The maximum absolute atomic E-state index is 11.5. The molecule has 7 heteroatoms. The molecule has 3 N–H and O–H groups in total. The molecule has 24 heavy (non-hydrogen) atoms. The van der Waals surface area contributed by atoms with Gasteiger partial charge in [0.05, 0.1) is 0 Å². The Hall–Kier alpha value is -1.63. The first-order valence-corrected chi connectivity index (χ1v) is 8.82. The summed E-state index contributed by atoms with van der Waals surface area (Å²) in [4.78, 5) is 35.6. The van der Waals surface area contributed by atoms with Crippen LogP contribution in [-0.2, 0) is 14.4 Å². The van der Waals surface area contributed by atoms with Crippen molar-refractivity contribution in [3.63, 3.8) is 0 Å². The second-order valence-electron chi connectivity index (χ2n) is 6.31. The average molecular weight is 342 g/mol. The van der Waals surface area contributed by atoms with Crippen molar-refractivity contribution < 1.29 is 14.4 Å². The summed E-state index contributed by atoms with van der Waals surface area (Å²) in [5, 5.41) is 8.52. The SMILES string of the molecule is CC(=O)NCCCN(CCCNC(C)=O)CCCNC(=O)C(C)C. The molecule has 0 aliphatic heterocycles. The zero-order valence-corrected chi connectivity index (χ0v) is 15.6. The fourth-order valence-electron chi connectivity index (χ4n) is 2.19. The molecule has 140 valence electrons. The Morgan fingerprint density at radius 1 is 0.750 bits per heavy atom. The molecule has 0 aromatic rings. The lowest BCUT2D eigenvalue weighted by Crippen LogP contribution is -2.35. The molecule has 0 aromatic heterocycles. The summed E-state index contributed by atoms with van der Waals surface area (Å²) in [5.74, 6) is 0.0708. The van der Waals surface area contributed by atoms with E-state index in [4.69, 9.17) is 0 Å². The predicted octanol–water partition coefficient (Wildman–Crippen LogP) is 0.503. The van der Waals surface area contributed by atoms with Gasteiger partial charge in [0.1, 0.15) is 0 Å². The highest BCUT2D eigenvalue weighted by molar-refractivity contribution is 5.77. The van der Waals surface area contributed by atoms with Crippen molar-refractivity contribution in [2.45, 2.75) is 47.0 Å². The average Bonchev–Trinajstić information content (AvgIpc) is 2.50. The van der Waals surface area contributed by atoms with Crippen molar-refractivity contribution in [3.05, 3.63) is 0 Å². The van der Waals surface area contributed by atoms with Crippen LogP contribution in [0.3, 0.4) is 0 Å². The van der Waals surface area contributed by atoms with Gasteiger partial charge in [0.2, 0.25) is 17.7 Å². The Morgan fingerprint density at radius 2 is 1.12 bits per heavy atom. The lowest BCUT2D eigenvalue weighted by molar-refractivity contribution is -0.124. The quantitative estimate of drug-likeness (QED) is 0.425. The first kappa shape index (κ1) is 22.4. The van der Waals surface area contributed by atoms with Gasteiger partial charge < -0.3 is 20.9 Å². The smallest absolute Gasteiger partial charge is 0.222 e. The highest BCUT2D eigenvalue weighted by Crippen LogP contribution is 1.97. The maximum atomic E-state index is 11.5. The summed E-state index contributed by atoms with van der Waals surface area (Å²) >= 11 is 0. The van der Waals surface area contributed by atoms with Gasteiger partial charge in [-0.05, 0) is 38.9 Å². The Kier molecular flexibility index (Phi) is 12.8. The topological polar surface area (TPSA) is 90.5 Å². The van der Waals surface area contributed by atoms with Crippen molar-refractivity contribution in [1.82, 2.24) is 20.9 Å². The van der Waals surface area contributed by atoms with Gasteiger partial charge >= 0.3 is 0 Å². The largest absolute Gasteiger partial charge is 0.356 e. The van der Waals surface area contributed by atoms with Crippen molar-refractivity contribution in [2.75, 3.05) is 39.3 Å². The van der Waals surface area contributed by atoms with E-state index >= 15 is 0 Å². The Bertz CT molecular complexity index is 364. The summed E-state index contributed by atoms with van der Waals surface area (Å²) < 4.78 is 0. The molecule has 3 amide bonds. The minimum absolute atomic E-state index is 0.0105. The molecule has 0 atom stereocenters. The Balaban J connectivity index is 4.03. The van der Waals surface area contributed by atoms with E-state index < -0.39 is 0 Å². The molecular formula is C17H34N4O3. The number of amides is 3. The molecule has 7 nitrogen and oxygen atoms in total. The molecule has 0 aliphatic carbocycles. The normalized spacial score (nSPS) is 10.8. The van der Waals surface area contributed by atoms with Crippen LogP contribution in [0.1, 0.15) is 47.0 Å². The molecule has 0 fully saturated rings. The first-order valence-electron chi connectivity index (χ1n) is 8.82. The number of carbonyl (C=O) groups is 3. The molecule has 0 bridgehead atoms. The number of hydrogen-bond acceptors (Lipinski definition) is 4. The van der Waals surface area contributed by atoms with Crippen molar-refractivity contribution in [2.24, 2.45) is 5.92 Å². The molecule has 0 aliphatic rings. The number of rotatable bonds is 13. The van der Waals surface area contributed by atoms with E-state index in [9.17, 15) is 14.4 Å². The summed E-state index contributed by atoms with van der Waals surface area (Å²) in [7, 11) is 0. The summed E-state index contributed by atoms with van der Waals surface area (Å²) in [6.45, 7) is 11.5. The van der Waals surface area contributed by atoms with Crippen LogP contribution < -0.4 is 16.0 Å². The van der Waals surface area contributed by atoms with E-state index in [1.807, 2.05) is 13.8 Å². The molecule has 0 spiro atoms. The lowest BCUT2D eigenvalue weighted by atomic mass is 10.2. The third kappa shape index (κ3) is 14.0. The summed E-state index contributed by atoms with van der Waals surface area (Å²) in [5.41, 5.74) is 0. The van der Waals surface area contributed by atoms with Gasteiger partial charge in [0, 0.05) is 39.4 Å². The number of nitrogens with one attached hydrogen (secondary N) is 3. The molecule has 0 saturated heterocycles. The predicted molar refractivity (Wildman–Crippen MR) is 95.5 cm³/mol. The second kappa shape index (κ2) is 13.8. The zero-order chi connectivity index (χ0) is 18.4. The number of hydrogen-bond donors (Lipinski definition) is 3. The molecule has 0 unspecified atom stereocenters. The van der Waals surface area contributed by atoms with Gasteiger partial charge in [-0.1, -0.05) is 13.8 Å². The van der Waals surface area contributed by atoms with Crippen LogP contribution in [0.25, 0.3) is 0 Å². The number of nitrogens with zero attached hydrogens (tertiary/aromatic N) is 1. The van der Waals surface area contributed by atoms with Gasteiger partial charge in [0.25, 0.3) is 0 Å². The Labute approximate surface area is 145 Å². The van der Waals surface area contributed by atoms with E-state index in [1.165, 1.54) is 13.8 Å². The summed E-state index contributed by atoms with van der Waals surface area (Å²) in [6.07, 6.45) is 2.66. The minimum atomic E-state index is -0.0105. The molecule has 0 rings (SSSR count). The fourth-order valence-corrected chi connectivity index (χ4v) is 2.19. The number of carbonyl (C=O) groups excluding carboxylic acids is 3. The highest BCUT2D eigenvalue weighted by Gasteiger charge is 2.08. The standard InChI is InChI=1S/C17H34N4O3/c1-14(2)17(24)20-10-7-13-21(11-5-8-18-15(3)22)12-6-9-19-16(4)23/h14H,5-13H2,1-4H3,(H,18,22)(H,19,23)(H,20,24). The van der Waals surface area contributed by atoms with Crippen molar-refractivity contribution in [1.29, 1.82) is 0 Å². The fraction of sp³-hybridized carbons (Fsp3) is 0.824. The van der Waals surface area contributed by atoms with Gasteiger partial charge in [-0.2, -0.15) is 0 Å². The zero-order valence-electron chi connectivity index (χ0n) is 15.6. The van der Waals surface area contributed by atoms with Gasteiger partial charge in [-0.25, -0.2) is 0 Å².